The summed E-state index contributed by atoms with van der Waals surface area (Å²) >= 11 is 0. The molecule has 5 heteroatoms. The number of hydrogen-bond donors (Lipinski definition) is 2. The van der Waals surface area contributed by atoms with Gasteiger partial charge in [-0.2, -0.15) is 0 Å². The molecule has 0 atom stereocenters. The lowest BCUT2D eigenvalue weighted by Gasteiger charge is -2.31. The third-order valence-corrected chi connectivity index (χ3v) is 7.75. The van der Waals surface area contributed by atoms with Gasteiger partial charge in [-0.25, -0.2) is 0 Å². The fourth-order valence-corrected chi connectivity index (χ4v) is 5.26. The summed E-state index contributed by atoms with van der Waals surface area (Å²) in [6.45, 7) is 35.3. The Morgan fingerprint density at radius 1 is 0.680 bits per heavy atom. The van der Waals surface area contributed by atoms with Crippen molar-refractivity contribution < 1.29 is 9.47 Å². The Kier molecular flexibility index (Phi) is 22.9. The van der Waals surface area contributed by atoms with Gasteiger partial charge in [-0.05, 0) is 111 Å². The summed E-state index contributed by atoms with van der Waals surface area (Å²) in [5.74, 6) is 1.09. The first-order valence-electron chi connectivity index (χ1n) is 19.5. The summed E-state index contributed by atoms with van der Waals surface area (Å²) in [5, 5.41) is 6.96. The molecular formula is C45H83N3O2. The molecule has 5 nitrogen and oxygen atoms in total. The van der Waals surface area contributed by atoms with Gasteiger partial charge in [-0.1, -0.05) is 110 Å². The number of rotatable bonds is 7. The maximum atomic E-state index is 5.62. The van der Waals surface area contributed by atoms with Crippen LogP contribution in [0.2, 0.25) is 0 Å². The smallest absolute Gasteiger partial charge is 0.0724 e. The van der Waals surface area contributed by atoms with Gasteiger partial charge in [-0.3, -0.25) is 4.98 Å². The molecular weight excluding hydrogens is 615 g/mol. The van der Waals surface area contributed by atoms with Crippen molar-refractivity contribution in [1.82, 2.24) is 15.6 Å². The third-order valence-electron chi connectivity index (χ3n) is 7.75. The van der Waals surface area contributed by atoms with E-state index in [0.717, 1.165) is 30.8 Å². The van der Waals surface area contributed by atoms with Crippen LogP contribution in [0.3, 0.4) is 0 Å². The molecule has 0 bridgehead atoms. The lowest BCUT2D eigenvalue weighted by atomic mass is 9.90. The van der Waals surface area contributed by atoms with Gasteiger partial charge in [0.1, 0.15) is 0 Å². The van der Waals surface area contributed by atoms with E-state index in [-0.39, 0.29) is 16.6 Å². The predicted molar refractivity (Wildman–Crippen MR) is 220 cm³/mol. The fourth-order valence-electron chi connectivity index (χ4n) is 5.26. The van der Waals surface area contributed by atoms with Crippen molar-refractivity contribution in [3.63, 3.8) is 0 Å². The number of nitrogens with one attached hydrogen (secondary N) is 2. The van der Waals surface area contributed by atoms with Gasteiger partial charge in [0.2, 0.25) is 0 Å². The molecule has 0 radical (unpaired) electrons. The zero-order valence-corrected chi connectivity index (χ0v) is 35.9. The summed E-state index contributed by atoms with van der Waals surface area (Å²) in [5.41, 5.74) is 3.63. The molecule has 2 N–H and O–H groups in total. The lowest BCUT2D eigenvalue weighted by Crippen LogP contribution is -2.44. The number of pyridine rings is 1. The summed E-state index contributed by atoms with van der Waals surface area (Å²) in [6.07, 6.45) is 13.3. The van der Waals surface area contributed by atoms with Crippen molar-refractivity contribution >= 4 is 0 Å². The minimum Gasteiger partial charge on any atom is -0.383 e. The van der Waals surface area contributed by atoms with E-state index < -0.39 is 0 Å². The second-order valence-corrected chi connectivity index (χ2v) is 19.5. The van der Waals surface area contributed by atoms with E-state index >= 15 is 0 Å². The molecule has 290 valence electrons. The van der Waals surface area contributed by atoms with Crippen LogP contribution < -0.4 is 10.6 Å². The van der Waals surface area contributed by atoms with Crippen LogP contribution in [0.4, 0.5) is 0 Å². The zero-order valence-electron chi connectivity index (χ0n) is 35.9. The van der Waals surface area contributed by atoms with Gasteiger partial charge in [0.15, 0.2) is 0 Å². The number of nitrogens with zero attached hydrogens (tertiary/aromatic N) is 1. The maximum absolute atomic E-state index is 5.62. The molecule has 0 saturated heterocycles. The van der Waals surface area contributed by atoms with Crippen LogP contribution >= 0.6 is 0 Å². The van der Waals surface area contributed by atoms with Crippen molar-refractivity contribution in [1.29, 1.82) is 0 Å². The first kappa shape index (κ1) is 48.2. The Bertz CT molecular complexity index is 1060. The van der Waals surface area contributed by atoms with E-state index in [2.05, 4.69) is 138 Å². The standard InChI is InChI=1S/C11H16O.C10H21N.C9H13N.C8H16.C7H17NO/c1-11(2,3)12-9-10-7-5-4-6-8-10;1-10(2,3)11-9-7-5-4-6-8-9;1-9(2,3)8-6-4-5-7-10-8;1-8(2,3)6-7-4-5-7;1-7(2,3)8-5-6-9-4/h4-8H,9H2,1-3H3;9,11H,4-8H2,1-3H3;4-7H,1-3H3;7H,4-6H2,1-3H3;8H,5-6H2,1-4H3. The number of ether oxygens (including phenoxy) is 2. The van der Waals surface area contributed by atoms with E-state index in [1.807, 2.05) is 36.5 Å². The second kappa shape index (κ2) is 23.7. The molecule has 2 aliphatic carbocycles. The average Bonchev–Trinajstić information content (AvgIpc) is 3.80. The maximum Gasteiger partial charge on any atom is 0.0724 e. The van der Waals surface area contributed by atoms with E-state index in [9.17, 15) is 0 Å². The van der Waals surface area contributed by atoms with Crippen LogP contribution in [0.5, 0.6) is 0 Å². The van der Waals surface area contributed by atoms with Gasteiger partial charge >= 0.3 is 0 Å². The molecule has 2 saturated carbocycles. The van der Waals surface area contributed by atoms with Crippen molar-refractivity contribution in [2.75, 3.05) is 20.3 Å². The zero-order chi connectivity index (χ0) is 38.5. The predicted octanol–water partition coefficient (Wildman–Crippen LogP) is 11.9. The Balaban J connectivity index is 0.000000604. The highest BCUT2D eigenvalue weighted by Crippen LogP contribution is 2.39. The van der Waals surface area contributed by atoms with Gasteiger partial charge in [0, 0.05) is 48.1 Å². The minimum absolute atomic E-state index is 0.0458. The van der Waals surface area contributed by atoms with Gasteiger partial charge < -0.3 is 20.1 Å². The summed E-state index contributed by atoms with van der Waals surface area (Å²) in [6, 6.07) is 17.0. The molecule has 2 fully saturated rings. The van der Waals surface area contributed by atoms with Crippen molar-refractivity contribution in [2.24, 2.45) is 11.3 Å². The second-order valence-electron chi connectivity index (χ2n) is 19.5. The summed E-state index contributed by atoms with van der Waals surface area (Å²) in [7, 11) is 1.71. The van der Waals surface area contributed by atoms with Crippen LogP contribution in [0.15, 0.2) is 54.7 Å². The molecule has 0 amide bonds. The summed E-state index contributed by atoms with van der Waals surface area (Å²) < 4.78 is 10.5. The highest BCUT2D eigenvalue weighted by Gasteiger charge is 2.26. The van der Waals surface area contributed by atoms with Crippen LogP contribution in [-0.4, -0.2) is 48.0 Å². The largest absolute Gasteiger partial charge is 0.383 e. The highest BCUT2D eigenvalue weighted by atomic mass is 16.5. The topological polar surface area (TPSA) is 55.4 Å². The van der Waals surface area contributed by atoms with Crippen LogP contribution in [0.1, 0.15) is 166 Å². The molecule has 50 heavy (non-hydrogen) atoms. The van der Waals surface area contributed by atoms with E-state index in [1.165, 1.54) is 56.9 Å². The molecule has 1 aromatic heterocycles. The minimum atomic E-state index is -0.0458. The SMILES string of the molecule is CC(C)(C)CC1CC1.CC(C)(C)NC1CCCCC1.CC(C)(C)OCc1ccccc1.CC(C)(C)c1ccccn1.COCCNC(C)(C)C. The first-order valence-corrected chi connectivity index (χ1v) is 19.5. The molecule has 0 unspecified atom stereocenters. The Morgan fingerprint density at radius 3 is 1.60 bits per heavy atom. The van der Waals surface area contributed by atoms with E-state index in [0.29, 0.717) is 17.6 Å². The molecule has 4 rings (SSSR count). The quantitative estimate of drug-likeness (QED) is 0.282. The Labute approximate surface area is 311 Å². The number of aromatic nitrogens is 1. The molecule has 1 heterocycles. The lowest BCUT2D eigenvalue weighted by molar-refractivity contribution is -0.0149. The van der Waals surface area contributed by atoms with Crippen LogP contribution in [0.25, 0.3) is 0 Å². The monoisotopic (exact) mass is 698 g/mol. The molecule has 0 aliphatic heterocycles. The van der Waals surface area contributed by atoms with E-state index in [1.54, 1.807) is 7.11 Å². The van der Waals surface area contributed by atoms with Crippen molar-refractivity contribution in [3.05, 3.63) is 66.0 Å². The third kappa shape index (κ3) is 33.4. The molecule has 0 spiro atoms. The van der Waals surface area contributed by atoms with Crippen molar-refractivity contribution in [3.8, 4) is 0 Å². The average molecular weight is 698 g/mol. The molecule has 1 aromatic carbocycles. The van der Waals surface area contributed by atoms with E-state index in [4.69, 9.17) is 9.47 Å². The van der Waals surface area contributed by atoms with Crippen LogP contribution in [-0.2, 0) is 21.5 Å². The highest BCUT2D eigenvalue weighted by molar-refractivity contribution is 5.13. The van der Waals surface area contributed by atoms with Crippen molar-refractivity contribution in [2.45, 2.75) is 190 Å². The summed E-state index contributed by atoms with van der Waals surface area (Å²) in [4.78, 5) is 4.25. The Hall–Kier alpha value is -1.79. The normalized spacial score (nSPS) is 15.5. The molecule has 2 aliphatic rings. The van der Waals surface area contributed by atoms with Gasteiger partial charge in [-0.15, -0.1) is 0 Å². The van der Waals surface area contributed by atoms with Gasteiger partial charge in [0.25, 0.3) is 0 Å². The Morgan fingerprint density at radius 2 is 1.24 bits per heavy atom. The van der Waals surface area contributed by atoms with Gasteiger partial charge in [0.05, 0.1) is 18.8 Å². The number of hydrogen-bond acceptors (Lipinski definition) is 5. The first-order chi connectivity index (χ1) is 22.9. The van der Waals surface area contributed by atoms with Crippen LogP contribution in [0, 0.1) is 11.3 Å². The molecule has 2 aromatic rings. The number of methoxy groups -OCH3 is 1. The fraction of sp³-hybridized carbons (Fsp3) is 0.756. The number of benzene rings is 1.